The second-order valence-corrected chi connectivity index (χ2v) is 31.6. The number of rotatable bonds is 40. The Morgan fingerprint density at radius 1 is 0.331 bits per heavy atom. The molecule has 0 heterocycles. The smallest absolute Gasteiger partial charge is 0.408 e. The number of ether oxygens (including phenoxy) is 11. The maximum absolute atomic E-state index is 12.6. The van der Waals surface area contributed by atoms with Crippen molar-refractivity contribution in [3.63, 3.8) is 0 Å². The summed E-state index contributed by atoms with van der Waals surface area (Å²) in [6, 6.07) is 33.1. The molecule has 0 aliphatic carbocycles. The Labute approximate surface area is 713 Å². The van der Waals surface area contributed by atoms with Gasteiger partial charge in [-0.15, -0.1) is 0 Å². The van der Waals surface area contributed by atoms with Gasteiger partial charge in [0.2, 0.25) is 17.7 Å². The Kier molecular flexibility index (Phi) is 56.8. The van der Waals surface area contributed by atoms with Crippen LogP contribution in [0.1, 0.15) is 194 Å². The highest BCUT2D eigenvalue weighted by Crippen LogP contribution is 2.18. The van der Waals surface area contributed by atoms with Crippen LogP contribution in [-0.2, 0) is 136 Å². The lowest BCUT2D eigenvalue weighted by atomic mass is 10.0. The van der Waals surface area contributed by atoms with Gasteiger partial charge in [-0.25, -0.2) is 47.9 Å². The van der Waals surface area contributed by atoms with Crippen molar-refractivity contribution in [1.29, 1.82) is 0 Å². The lowest BCUT2D eigenvalue weighted by molar-refractivity contribution is -0.169. The molecule has 8 N–H and O–H groups in total. The molecule has 680 valence electrons. The molecule has 0 aliphatic heterocycles. The van der Waals surface area contributed by atoms with E-state index in [0.717, 1.165) is 29.4 Å². The number of nitrogens with one attached hydrogen (secondary N) is 4. The van der Waals surface area contributed by atoms with Crippen LogP contribution in [0.2, 0.25) is 0 Å². The van der Waals surface area contributed by atoms with Crippen molar-refractivity contribution >= 4 is 77.5 Å². The molecule has 0 unspecified atom stereocenters. The zero-order chi connectivity index (χ0) is 93.0. The van der Waals surface area contributed by atoms with Gasteiger partial charge in [-0.1, -0.05) is 218 Å². The van der Waals surface area contributed by atoms with Crippen molar-refractivity contribution < 1.29 is 135 Å². The molecule has 0 aliphatic rings. The highest BCUT2D eigenvalue weighted by molar-refractivity contribution is 5.91. The van der Waals surface area contributed by atoms with Crippen LogP contribution in [0.15, 0.2) is 121 Å². The third-order valence-corrected chi connectivity index (χ3v) is 16.5. The van der Waals surface area contributed by atoms with Crippen LogP contribution in [0.3, 0.4) is 0 Å². The number of aliphatic hydroxyl groups excluding tert-OH is 3. The molecular weight excluding hydrogens is 1570 g/mol. The second-order valence-electron chi connectivity index (χ2n) is 31.6. The number of hydrogen-bond acceptors (Lipinski definition) is 27. The van der Waals surface area contributed by atoms with Gasteiger partial charge in [0, 0.05) is 21.3 Å². The first-order valence-electron chi connectivity index (χ1n) is 40.2. The average Bonchev–Trinajstić information content (AvgIpc) is 0.886. The zero-order valence-corrected chi connectivity index (χ0v) is 75.1. The van der Waals surface area contributed by atoms with Gasteiger partial charge >= 0.3 is 59.8 Å². The van der Waals surface area contributed by atoms with E-state index in [9.17, 15) is 67.4 Å². The number of carboxylic acid groups (broad SMARTS) is 1. The molecule has 0 bridgehead atoms. The van der Waals surface area contributed by atoms with Crippen LogP contribution in [0, 0.1) is 41.4 Å². The molecule has 32 heteroatoms. The quantitative estimate of drug-likeness (QED) is 0.0151. The molecule has 4 rings (SSSR count). The summed E-state index contributed by atoms with van der Waals surface area (Å²) in [4.78, 5) is 156. The Morgan fingerprint density at radius 2 is 0.570 bits per heavy atom. The summed E-state index contributed by atoms with van der Waals surface area (Å²) < 4.78 is 56.3. The monoisotopic (exact) mass is 1710 g/mol. The minimum absolute atomic E-state index is 0.0767. The Morgan fingerprint density at radius 3 is 0.793 bits per heavy atom. The van der Waals surface area contributed by atoms with Crippen molar-refractivity contribution in [2.75, 3.05) is 21.3 Å². The Bertz CT molecular complexity index is 3680. The van der Waals surface area contributed by atoms with E-state index >= 15 is 0 Å². The van der Waals surface area contributed by atoms with E-state index in [1.807, 2.05) is 163 Å². The van der Waals surface area contributed by atoms with E-state index in [0.29, 0.717) is 12.8 Å². The number of amides is 4. The normalized spacial score (nSPS) is 13.8. The van der Waals surface area contributed by atoms with E-state index in [2.05, 4.69) is 21.3 Å². The van der Waals surface area contributed by atoms with Gasteiger partial charge in [0.05, 0.1) is 0 Å². The lowest BCUT2D eigenvalue weighted by Gasteiger charge is -2.25. The fourth-order valence-corrected chi connectivity index (χ4v) is 9.77. The molecule has 0 saturated heterocycles. The summed E-state index contributed by atoms with van der Waals surface area (Å²) in [5.74, 6) is -8.51. The molecule has 12 atom stereocenters. The molecule has 121 heavy (non-hydrogen) atoms. The molecular formula is C89H136N4O28. The molecule has 0 saturated carbocycles. The van der Waals surface area contributed by atoms with Gasteiger partial charge in [0.25, 0.3) is 0 Å². The number of carbonyl (C=O) groups excluding carboxylic acids is 12. The van der Waals surface area contributed by atoms with E-state index in [1.165, 1.54) is 48.8 Å². The number of aliphatic hydroxyl groups is 3. The molecule has 0 fully saturated rings. The lowest BCUT2D eigenvalue weighted by Crippen LogP contribution is -2.50. The number of aliphatic carboxylic acids is 1. The molecule has 4 amide bonds. The SMILES string of the molecule is CC(C)C[C@@H](O)C(=O)N[C@@H](C(=O)O[C@@H](C)C(=O)OCc1ccccc1)C(C)C.CC(C)[C@@H](NC(=O)OC(C)(C)C)C(=O)O[C@@H](C)C(=O)OCc1ccccc1.CO.CO[C@H](CC(C)C)C(=O)N[C@@H](C(=O)O[C@@H](C)C(=O)O)C(C)C.CO[C@H](CC(C)C)C(=O)N[C@@H](C(=O)O[C@@H](C)C(=O)OCc1ccccc1)C(C)C.C[C@H](O)C(=O)OCc1ccccc1. The molecule has 4 aromatic carbocycles. The summed E-state index contributed by atoms with van der Waals surface area (Å²) in [5, 5.41) is 44.8. The van der Waals surface area contributed by atoms with Crippen LogP contribution in [0.4, 0.5) is 4.79 Å². The molecule has 0 aromatic heterocycles. The standard InChI is InChI=1S/C22H33NO6.C21H31NO6.C20H29NO6.C15H27NO6.C10H12O3.CH4O/c1-14(2)12-18(27-6)20(24)23-19(15(3)4)22(26)29-16(5)21(25)28-13-17-10-8-7-9-11-17;1-13(2)11-17(23)19(24)22-18(14(3)4)21(26)28-15(5)20(25)27-12-16-9-7-6-8-10-16;1-13(2)16(21-19(24)27-20(4,5)6)18(23)26-14(3)17(22)25-12-15-10-8-7-9-11-15;1-8(2)7-11(21-6)13(17)16-12(9(3)4)15(20)22-10(5)14(18)19;1-8(11)10(12)13-7-9-5-3-2-4-6-9;1-2/h7-11,14-16,18-19H,12-13H2,1-6H3,(H,23,24);6-10,13-15,17-18,23H,11-12H2,1-5H3,(H,22,24);7-11,13-14,16H,12H2,1-6H3,(H,21,24);8-12H,7H2,1-6H3,(H,16,17)(H,18,19);2-6,8,11H,7H2,1H3;2H,1H3/t16-,18+,19+;15-,17+,18+;14-,16+;10-,11+,12+;8-;/m00000./s1. The fourth-order valence-electron chi connectivity index (χ4n) is 9.77. The largest absolute Gasteiger partial charge is 0.479 e. The van der Waals surface area contributed by atoms with Crippen LogP contribution in [-0.4, -0.2) is 198 Å². The van der Waals surface area contributed by atoms with Crippen molar-refractivity contribution in [1.82, 2.24) is 21.3 Å². The zero-order valence-electron chi connectivity index (χ0n) is 75.1. The van der Waals surface area contributed by atoms with Crippen molar-refractivity contribution in [3.05, 3.63) is 144 Å². The van der Waals surface area contributed by atoms with Crippen molar-refractivity contribution in [3.8, 4) is 0 Å². The minimum Gasteiger partial charge on any atom is -0.479 e. The predicted molar refractivity (Wildman–Crippen MR) is 449 cm³/mol. The maximum atomic E-state index is 12.6. The number of methoxy groups -OCH3 is 2. The predicted octanol–water partition coefficient (Wildman–Crippen LogP) is 10.2. The van der Waals surface area contributed by atoms with Gasteiger partial charge < -0.3 is 93.8 Å². The fraction of sp³-hybridized carbons (Fsp3) is 0.584. The topological polar surface area (TPSA) is 452 Å². The number of hydrogen-bond donors (Lipinski definition) is 8. The Hall–Kier alpha value is -10.4. The van der Waals surface area contributed by atoms with Gasteiger partial charge in [-0.3, -0.25) is 14.4 Å². The van der Waals surface area contributed by atoms with Gasteiger partial charge in [-0.05, 0) is 138 Å². The number of esters is 8. The van der Waals surface area contributed by atoms with Crippen LogP contribution in [0.25, 0.3) is 0 Å². The third-order valence-electron chi connectivity index (χ3n) is 16.5. The first-order chi connectivity index (χ1) is 56.5. The highest BCUT2D eigenvalue weighted by Gasteiger charge is 2.36. The summed E-state index contributed by atoms with van der Waals surface area (Å²) >= 11 is 0. The maximum Gasteiger partial charge on any atom is 0.408 e. The van der Waals surface area contributed by atoms with Crippen molar-refractivity contribution in [2.45, 2.75) is 277 Å². The van der Waals surface area contributed by atoms with Crippen molar-refractivity contribution in [2.24, 2.45) is 41.4 Å². The van der Waals surface area contributed by atoms with E-state index in [4.69, 9.17) is 67.4 Å². The van der Waals surface area contributed by atoms with Crippen LogP contribution in [0.5, 0.6) is 0 Å². The minimum atomic E-state index is -1.26. The van der Waals surface area contributed by atoms with Gasteiger partial charge in [0.1, 0.15) is 80.6 Å². The number of alkyl carbamates (subject to hydrolysis) is 1. The number of carboxylic acids is 1. The van der Waals surface area contributed by atoms with E-state index < -0.39 is 150 Å². The summed E-state index contributed by atoms with van der Waals surface area (Å²) in [6.45, 7) is 38.2. The average molecular weight is 1710 g/mol. The second kappa shape index (κ2) is 61.0. The summed E-state index contributed by atoms with van der Waals surface area (Å²) in [6.07, 6.45) is -7.52. The Balaban J connectivity index is 0. The van der Waals surface area contributed by atoms with Gasteiger partial charge in [0.15, 0.2) is 24.4 Å². The molecule has 32 nitrogen and oxygen atoms in total. The van der Waals surface area contributed by atoms with Gasteiger partial charge in [-0.2, -0.15) is 0 Å². The first-order valence-corrected chi connectivity index (χ1v) is 40.2. The molecule has 4 aromatic rings. The van der Waals surface area contributed by atoms with E-state index in [1.54, 1.807) is 76.2 Å². The summed E-state index contributed by atoms with van der Waals surface area (Å²) in [5.41, 5.74) is 2.71. The summed E-state index contributed by atoms with van der Waals surface area (Å²) in [7, 11) is 3.89. The van der Waals surface area contributed by atoms with E-state index in [-0.39, 0.29) is 80.2 Å². The third kappa shape index (κ3) is 50.4. The first kappa shape index (κ1) is 113. The highest BCUT2D eigenvalue weighted by atomic mass is 16.6. The molecule has 0 radical (unpaired) electrons. The number of benzene rings is 4. The van der Waals surface area contributed by atoms with Crippen LogP contribution >= 0.6 is 0 Å². The molecule has 0 spiro atoms. The number of carbonyl (C=O) groups is 13. The van der Waals surface area contributed by atoms with Crippen LogP contribution < -0.4 is 21.3 Å².